The van der Waals surface area contributed by atoms with Crippen LogP contribution in [0.4, 0.5) is 5.69 Å². The van der Waals surface area contributed by atoms with E-state index in [4.69, 9.17) is 23.2 Å². The monoisotopic (exact) mass is 284 g/mol. The summed E-state index contributed by atoms with van der Waals surface area (Å²) in [6.45, 7) is 4.58. The van der Waals surface area contributed by atoms with Crippen LogP contribution in [0, 0.1) is 0 Å². The van der Waals surface area contributed by atoms with Crippen LogP contribution in [0.3, 0.4) is 0 Å². The zero-order valence-corrected chi connectivity index (χ0v) is 11.9. The second-order valence-electron chi connectivity index (χ2n) is 5.20. The SMILES string of the molecule is Clc1cccc(Cl)c1N1CCCN2CCCC2C1. The second kappa shape index (κ2) is 5.28. The molecule has 0 amide bonds. The predicted octanol–water partition coefficient (Wildman–Crippen LogP) is 3.67. The van der Waals surface area contributed by atoms with E-state index >= 15 is 0 Å². The van der Waals surface area contributed by atoms with Crippen LogP contribution < -0.4 is 4.90 Å². The fourth-order valence-corrected chi connectivity index (χ4v) is 3.84. The van der Waals surface area contributed by atoms with E-state index in [0.29, 0.717) is 6.04 Å². The Kier molecular flexibility index (Phi) is 3.69. The van der Waals surface area contributed by atoms with Crippen molar-refractivity contribution in [1.29, 1.82) is 0 Å². The lowest BCUT2D eigenvalue weighted by Crippen LogP contribution is -2.36. The molecule has 4 heteroatoms. The van der Waals surface area contributed by atoms with Gasteiger partial charge in [0.15, 0.2) is 0 Å². The first-order valence-corrected chi connectivity index (χ1v) is 7.44. The molecule has 1 aromatic carbocycles. The molecule has 0 aromatic heterocycles. The Labute approximate surface area is 118 Å². The van der Waals surface area contributed by atoms with E-state index < -0.39 is 0 Å². The van der Waals surface area contributed by atoms with Gasteiger partial charge in [-0.05, 0) is 37.9 Å². The van der Waals surface area contributed by atoms with Crippen molar-refractivity contribution in [2.75, 3.05) is 31.1 Å². The Morgan fingerprint density at radius 1 is 1.00 bits per heavy atom. The normalized spacial score (nSPS) is 25.0. The molecule has 2 nitrogen and oxygen atoms in total. The molecule has 1 unspecified atom stereocenters. The number of benzene rings is 1. The van der Waals surface area contributed by atoms with Crippen molar-refractivity contribution in [3.63, 3.8) is 0 Å². The third-order valence-corrected chi connectivity index (χ3v) is 4.67. The average molecular weight is 285 g/mol. The fourth-order valence-electron chi connectivity index (χ4n) is 3.20. The summed E-state index contributed by atoms with van der Waals surface area (Å²) in [7, 11) is 0. The van der Waals surface area contributed by atoms with Crippen molar-refractivity contribution < 1.29 is 0 Å². The van der Waals surface area contributed by atoms with Gasteiger partial charge in [-0.15, -0.1) is 0 Å². The number of para-hydroxylation sites is 1. The molecule has 1 atom stereocenters. The third-order valence-electron chi connectivity index (χ3n) is 4.06. The first kappa shape index (κ1) is 12.6. The van der Waals surface area contributed by atoms with Crippen molar-refractivity contribution in [2.24, 2.45) is 0 Å². The van der Waals surface area contributed by atoms with Crippen molar-refractivity contribution in [1.82, 2.24) is 4.90 Å². The topological polar surface area (TPSA) is 6.48 Å². The molecular weight excluding hydrogens is 267 g/mol. The van der Waals surface area contributed by atoms with Crippen molar-refractivity contribution >= 4 is 28.9 Å². The van der Waals surface area contributed by atoms with Crippen molar-refractivity contribution in [3.05, 3.63) is 28.2 Å². The molecule has 2 aliphatic rings. The van der Waals surface area contributed by atoms with Crippen LogP contribution in [0.1, 0.15) is 19.3 Å². The highest BCUT2D eigenvalue weighted by Crippen LogP contribution is 2.35. The molecule has 0 N–H and O–H groups in total. The molecule has 0 spiro atoms. The Balaban J connectivity index is 1.87. The first-order valence-electron chi connectivity index (χ1n) is 6.69. The number of hydrogen-bond acceptors (Lipinski definition) is 2. The largest absolute Gasteiger partial charge is 0.368 e. The zero-order valence-electron chi connectivity index (χ0n) is 10.4. The number of rotatable bonds is 1. The lowest BCUT2D eigenvalue weighted by molar-refractivity contribution is 0.273. The van der Waals surface area contributed by atoms with Gasteiger partial charge >= 0.3 is 0 Å². The van der Waals surface area contributed by atoms with Gasteiger partial charge in [0.1, 0.15) is 0 Å². The highest BCUT2D eigenvalue weighted by molar-refractivity contribution is 6.39. The second-order valence-corrected chi connectivity index (χ2v) is 6.02. The minimum Gasteiger partial charge on any atom is -0.368 e. The Morgan fingerprint density at radius 2 is 1.72 bits per heavy atom. The molecule has 1 aromatic rings. The molecule has 0 radical (unpaired) electrons. The summed E-state index contributed by atoms with van der Waals surface area (Å²) in [4.78, 5) is 4.99. The third kappa shape index (κ3) is 2.34. The molecule has 2 saturated heterocycles. The Bertz CT molecular complexity index is 416. The van der Waals surface area contributed by atoms with Crippen molar-refractivity contribution in [2.45, 2.75) is 25.3 Å². The number of anilines is 1. The van der Waals surface area contributed by atoms with Gasteiger partial charge in [0.2, 0.25) is 0 Å². The van der Waals surface area contributed by atoms with Crippen LogP contribution in [-0.2, 0) is 0 Å². The zero-order chi connectivity index (χ0) is 12.5. The van der Waals surface area contributed by atoms with E-state index in [9.17, 15) is 0 Å². The Morgan fingerprint density at radius 3 is 2.50 bits per heavy atom. The molecule has 2 aliphatic heterocycles. The van der Waals surface area contributed by atoms with E-state index in [1.807, 2.05) is 18.2 Å². The Hall–Kier alpha value is -0.440. The van der Waals surface area contributed by atoms with Crippen LogP contribution in [-0.4, -0.2) is 37.1 Å². The van der Waals surface area contributed by atoms with E-state index in [0.717, 1.165) is 28.8 Å². The summed E-state index contributed by atoms with van der Waals surface area (Å²) in [5.41, 5.74) is 1.02. The smallest absolute Gasteiger partial charge is 0.0745 e. The maximum absolute atomic E-state index is 6.32. The van der Waals surface area contributed by atoms with E-state index in [-0.39, 0.29) is 0 Å². The maximum atomic E-state index is 6.32. The lowest BCUT2D eigenvalue weighted by atomic mass is 10.2. The standard InChI is InChI=1S/C14H18Cl2N2/c15-12-5-1-6-13(16)14(12)18-9-3-8-17-7-2-4-11(17)10-18/h1,5-6,11H,2-4,7-10H2. The van der Waals surface area contributed by atoms with Crippen LogP contribution in [0.2, 0.25) is 10.0 Å². The summed E-state index contributed by atoms with van der Waals surface area (Å²) >= 11 is 12.6. The summed E-state index contributed by atoms with van der Waals surface area (Å²) in [5, 5.41) is 1.54. The molecule has 2 heterocycles. The van der Waals surface area contributed by atoms with Crippen molar-refractivity contribution in [3.8, 4) is 0 Å². The summed E-state index contributed by atoms with van der Waals surface area (Å²) in [6.07, 6.45) is 3.82. The van der Waals surface area contributed by atoms with Gasteiger partial charge in [0, 0.05) is 25.7 Å². The number of halogens is 2. The van der Waals surface area contributed by atoms with Gasteiger partial charge < -0.3 is 4.90 Å². The minimum absolute atomic E-state index is 0.680. The molecule has 0 aliphatic carbocycles. The highest BCUT2D eigenvalue weighted by Gasteiger charge is 2.29. The lowest BCUT2D eigenvalue weighted by Gasteiger charge is -2.28. The predicted molar refractivity (Wildman–Crippen MR) is 77.9 cm³/mol. The highest BCUT2D eigenvalue weighted by atomic mass is 35.5. The van der Waals surface area contributed by atoms with E-state index in [1.165, 1.54) is 32.4 Å². The number of nitrogens with zero attached hydrogens (tertiary/aromatic N) is 2. The molecule has 2 fully saturated rings. The van der Waals surface area contributed by atoms with Crippen LogP contribution in [0.5, 0.6) is 0 Å². The molecule has 3 rings (SSSR count). The van der Waals surface area contributed by atoms with Gasteiger partial charge in [0.05, 0.1) is 15.7 Å². The van der Waals surface area contributed by atoms with Crippen LogP contribution in [0.25, 0.3) is 0 Å². The van der Waals surface area contributed by atoms with Gasteiger partial charge in [-0.3, -0.25) is 4.90 Å². The van der Waals surface area contributed by atoms with Crippen LogP contribution in [0.15, 0.2) is 18.2 Å². The summed E-state index contributed by atoms with van der Waals surface area (Å²) in [6, 6.07) is 6.45. The van der Waals surface area contributed by atoms with E-state index in [1.54, 1.807) is 0 Å². The van der Waals surface area contributed by atoms with Gasteiger partial charge in [-0.2, -0.15) is 0 Å². The van der Waals surface area contributed by atoms with Gasteiger partial charge in [0.25, 0.3) is 0 Å². The molecule has 0 saturated carbocycles. The molecule has 98 valence electrons. The van der Waals surface area contributed by atoms with E-state index in [2.05, 4.69) is 9.80 Å². The van der Waals surface area contributed by atoms with Crippen LogP contribution >= 0.6 is 23.2 Å². The fraction of sp³-hybridized carbons (Fsp3) is 0.571. The molecule has 18 heavy (non-hydrogen) atoms. The minimum atomic E-state index is 0.680. The van der Waals surface area contributed by atoms with Gasteiger partial charge in [-0.1, -0.05) is 29.3 Å². The van der Waals surface area contributed by atoms with Gasteiger partial charge in [-0.25, -0.2) is 0 Å². The first-order chi connectivity index (χ1) is 8.75. The molecule has 0 bridgehead atoms. The molecular formula is C14H18Cl2N2. The maximum Gasteiger partial charge on any atom is 0.0745 e. The number of fused-ring (bicyclic) bond motifs is 1. The average Bonchev–Trinajstić information content (AvgIpc) is 2.68. The summed E-state index contributed by atoms with van der Waals surface area (Å²) in [5.74, 6) is 0. The number of hydrogen-bond donors (Lipinski definition) is 0. The summed E-state index contributed by atoms with van der Waals surface area (Å²) < 4.78 is 0. The quantitative estimate of drug-likeness (QED) is 0.777.